The van der Waals surface area contributed by atoms with Crippen LogP contribution >= 0.6 is 0 Å². The highest BCUT2D eigenvalue weighted by Gasteiger charge is 2.51. The standard InChI is InChI=1S/C23H29N3O2/c27-9-5-1-4-8-26-20-7-3-2-6-19(20)24-21(26)22(28)25-23-13-16-10-17(14-23)12-18(11-16)15-23/h2-3,6-7,9,16-18H,1,4-5,8,10-15H2,(H,25,28). The summed E-state index contributed by atoms with van der Waals surface area (Å²) in [5.41, 5.74) is 1.87. The summed E-state index contributed by atoms with van der Waals surface area (Å²) >= 11 is 0. The number of para-hydroxylation sites is 2. The van der Waals surface area contributed by atoms with Crippen LogP contribution in [0.4, 0.5) is 0 Å². The normalized spacial score (nSPS) is 30.6. The molecule has 4 aliphatic rings. The van der Waals surface area contributed by atoms with Gasteiger partial charge in [-0.25, -0.2) is 4.98 Å². The minimum atomic E-state index is -0.0199. The molecule has 1 aromatic heterocycles. The van der Waals surface area contributed by atoms with Crippen molar-refractivity contribution in [1.29, 1.82) is 0 Å². The number of aryl methyl sites for hydroxylation is 1. The fraction of sp³-hybridized carbons (Fsp3) is 0.609. The van der Waals surface area contributed by atoms with E-state index in [4.69, 9.17) is 4.98 Å². The molecule has 0 saturated heterocycles. The molecule has 1 amide bonds. The topological polar surface area (TPSA) is 64.0 Å². The largest absolute Gasteiger partial charge is 0.344 e. The van der Waals surface area contributed by atoms with Crippen LogP contribution in [0.2, 0.25) is 0 Å². The van der Waals surface area contributed by atoms with E-state index in [0.717, 1.165) is 73.7 Å². The number of hydrogen-bond donors (Lipinski definition) is 1. The smallest absolute Gasteiger partial charge is 0.287 e. The van der Waals surface area contributed by atoms with Gasteiger partial charge in [0.05, 0.1) is 11.0 Å². The Hall–Kier alpha value is -2.17. The number of nitrogens with zero attached hydrogens (tertiary/aromatic N) is 2. The predicted molar refractivity (Wildman–Crippen MR) is 108 cm³/mol. The Morgan fingerprint density at radius 2 is 1.79 bits per heavy atom. The maximum Gasteiger partial charge on any atom is 0.287 e. The molecule has 0 radical (unpaired) electrons. The van der Waals surface area contributed by atoms with Gasteiger partial charge < -0.3 is 14.7 Å². The predicted octanol–water partition coefficient (Wildman–Crippen LogP) is 4.10. The zero-order chi connectivity index (χ0) is 19.1. The number of nitrogens with one attached hydrogen (secondary N) is 1. The maximum absolute atomic E-state index is 13.4. The van der Waals surface area contributed by atoms with Crippen molar-refractivity contribution in [3.05, 3.63) is 30.1 Å². The number of rotatable bonds is 7. The van der Waals surface area contributed by atoms with E-state index in [-0.39, 0.29) is 11.4 Å². The van der Waals surface area contributed by atoms with Crippen LogP contribution in [0.1, 0.15) is 68.4 Å². The van der Waals surface area contributed by atoms with Gasteiger partial charge in [-0.15, -0.1) is 0 Å². The molecule has 4 saturated carbocycles. The molecule has 0 spiro atoms. The van der Waals surface area contributed by atoms with Gasteiger partial charge in [-0.3, -0.25) is 4.79 Å². The average Bonchev–Trinajstić information content (AvgIpc) is 3.03. The lowest BCUT2D eigenvalue weighted by molar-refractivity contribution is -0.107. The van der Waals surface area contributed by atoms with E-state index in [9.17, 15) is 9.59 Å². The fourth-order valence-electron chi connectivity index (χ4n) is 6.53. The van der Waals surface area contributed by atoms with Gasteiger partial charge in [-0.2, -0.15) is 0 Å². The third-order valence-corrected chi connectivity index (χ3v) is 7.23. The molecule has 148 valence electrons. The zero-order valence-corrected chi connectivity index (χ0v) is 16.4. The Morgan fingerprint density at radius 1 is 1.11 bits per heavy atom. The highest BCUT2D eigenvalue weighted by Crippen LogP contribution is 2.55. The molecule has 5 nitrogen and oxygen atoms in total. The van der Waals surface area contributed by atoms with Crippen molar-refractivity contribution in [2.75, 3.05) is 0 Å². The number of hydrogen-bond acceptors (Lipinski definition) is 3. The molecule has 1 aromatic carbocycles. The monoisotopic (exact) mass is 379 g/mol. The van der Waals surface area contributed by atoms with Gasteiger partial charge in [0, 0.05) is 18.5 Å². The highest BCUT2D eigenvalue weighted by atomic mass is 16.2. The van der Waals surface area contributed by atoms with E-state index in [0.29, 0.717) is 12.2 Å². The number of amides is 1. The van der Waals surface area contributed by atoms with E-state index >= 15 is 0 Å². The number of fused-ring (bicyclic) bond motifs is 1. The SMILES string of the molecule is O=CCCCCn1c(C(=O)NC23CC4CC(CC(C4)C2)C3)nc2ccccc21. The molecule has 6 rings (SSSR count). The number of carbonyl (C=O) groups is 2. The second kappa shape index (κ2) is 7.02. The lowest BCUT2D eigenvalue weighted by atomic mass is 9.53. The summed E-state index contributed by atoms with van der Waals surface area (Å²) in [5, 5.41) is 3.47. The van der Waals surface area contributed by atoms with Crippen molar-refractivity contribution in [2.24, 2.45) is 17.8 Å². The summed E-state index contributed by atoms with van der Waals surface area (Å²) in [6, 6.07) is 7.96. The average molecular weight is 380 g/mol. The Labute approximate surface area is 165 Å². The minimum absolute atomic E-state index is 0.00762. The van der Waals surface area contributed by atoms with Crippen molar-refractivity contribution in [3.63, 3.8) is 0 Å². The minimum Gasteiger partial charge on any atom is -0.344 e. The molecule has 1 heterocycles. The molecule has 2 aromatic rings. The van der Waals surface area contributed by atoms with Crippen molar-refractivity contribution >= 4 is 23.2 Å². The molecule has 0 atom stereocenters. The summed E-state index contributed by atoms with van der Waals surface area (Å²) in [4.78, 5) is 28.7. The van der Waals surface area contributed by atoms with Gasteiger partial charge in [0.1, 0.15) is 6.29 Å². The first-order valence-electron chi connectivity index (χ1n) is 10.9. The first-order valence-corrected chi connectivity index (χ1v) is 10.9. The number of aromatic nitrogens is 2. The summed E-state index contributed by atoms with van der Waals surface area (Å²) in [7, 11) is 0. The van der Waals surface area contributed by atoms with Crippen molar-refractivity contribution in [1.82, 2.24) is 14.9 Å². The van der Waals surface area contributed by atoms with Gasteiger partial charge in [-0.05, 0) is 81.3 Å². The molecule has 4 bridgehead atoms. The third-order valence-electron chi connectivity index (χ3n) is 7.23. The number of imidazole rings is 1. The summed E-state index contributed by atoms with van der Waals surface area (Å²) < 4.78 is 2.05. The Bertz CT molecular complexity index is 865. The molecule has 1 N–H and O–H groups in total. The van der Waals surface area contributed by atoms with Crippen LogP contribution in [0, 0.1) is 17.8 Å². The molecule has 28 heavy (non-hydrogen) atoms. The molecule has 5 heteroatoms. The van der Waals surface area contributed by atoms with Crippen LogP contribution in [0.5, 0.6) is 0 Å². The van der Waals surface area contributed by atoms with Crippen LogP contribution in [0.25, 0.3) is 11.0 Å². The fourth-order valence-corrected chi connectivity index (χ4v) is 6.53. The Morgan fingerprint density at radius 3 is 2.46 bits per heavy atom. The lowest BCUT2D eigenvalue weighted by Crippen LogP contribution is -2.60. The number of aldehydes is 1. The van der Waals surface area contributed by atoms with Gasteiger partial charge >= 0.3 is 0 Å². The van der Waals surface area contributed by atoms with E-state index in [2.05, 4.69) is 9.88 Å². The van der Waals surface area contributed by atoms with Gasteiger partial charge in [-0.1, -0.05) is 12.1 Å². The van der Waals surface area contributed by atoms with Gasteiger partial charge in [0.2, 0.25) is 0 Å². The molecule has 0 unspecified atom stereocenters. The van der Waals surface area contributed by atoms with Gasteiger partial charge in [0.25, 0.3) is 5.91 Å². The third kappa shape index (κ3) is 3.15. The van der Waals surface area contributed by atoms with E-state index < -0.39 is 0 Å². The van der Waals surface area contributed by atoms with E-state index in [1.807, 2.05) is 24.3 Å². The zero-order valence-electron chi connectivity index (χ0n) is 16.4. The molecule has 0 aliphatic heterocycles. The maximum atomic E-state index is 13.4. The Kier molecular flexibility index (Phi) is 4.48. The molecule has 4 fully saturated rings. The van der Waals surface area contributed by atoms with Crippen LogP contribution in [-0.2, 0) is 11.3 Å². The lowest BCUT2D eigenvalue weighted by Gasteiger charge is -2.56. The molecule has 4 aliphatic carbocycles. The number of unbranched alkanes of at least 4 members (excludes halogenated alkanes) is 2. The van der Waals surface area contributed by atoms with Crippen molar-refractivity contribution in [2.45, 2.75) is 69.9 Å². The molecular weight excluding hydrogens is 350 g/mol. The van der Waals surface area contributed by atoms with E-state index in [1.165, 1.54) is 19.3 Å². The van der Waals surface area contributed by atoms with E-state index in [1.54, 1.807) is 0 Å². The van der Waals surface area contributed by atoms with Crippen molar-refractivity contribution in [3.8, 4) is 0 Å². The quantitative estimate of drug-likeness (QED) is 0.582. The summed E-state index contributed by atoms with van der Waals surface area (Å²) in [6.45, 7) is 0.720. The van der Waals surface area contributed by atoms with Crippen LogP contribution in [0.15, 0.2) is 24.3 Å². The Balaban J connectivity index is 1.40. The second-order valence-corrected chi connectivity index (χ2v) is 9.39. The summed E-state index contributed by atoms with van der Waals surface area (Å²) in [6.07, 6.45) is 10.8. The second-order valence-electron chi connectivity index (χ2n) is 9.39. The number of carbonyl (C=O) groups excluding carboxylic acids is 2. The van der Waals surface area contributed by atoms with Crippen LogP contribution in [0.3, 0.4) is 0 Å². The van der Waals surface area contributed by atoms with Crippen LogP contribution in [-0.4, -0.2) is 27.3 Å². The van der Waals surface area contributed by atoms with Crippen LogP contribution < -0.4 is 5.32 Å². The number of benzene rings is 1. The first-order chi connectivity index (χ1) is 13.7. The van der Waals surface area contributed by atoms with Gasteiger partial charge in [0.15, 0.2) is 5.82 Å². The highest BCUT2D eigenvalue weighted by molar-refractivity contribution is 5.95. The first kappa shape index (κ1) is 17.9. The molecular formula is C23H29N3O2. The van der Waals surface area contributed by atoms with Crippen molar-refractivity contribution < 1.29 is 9.59 Å². The summed E-state index contributed by atoms with van der Waals surface area (Å²) in [5.74, 6) is 2.91.